The summed E-state index contributed by atoms with van der Waals surface area (Å²) < 4.78 is 0. The van der Waals surface area contributed by atoms with Crippen molar-refractivity contribution in [1.82, 2.24) is 20.3 Å². The molecule has 30 heavy (non-hydrogen) atoms. The largest absolute Gasteiger partial charge is 0.339 e. The molecule has 1 aliphatic rings. The number of carbonyl (C=O) groups excluding carboxylic acids is 2. The molecule has 2 heterocycles. The number of aromatic nitrogens is 2. The number of benzene rings is 1. The van der Waals surface area contributed by atoms with Crippen LogP contribution < -0.4 is 16.2 Å². The number of anilines is 1. The van der Waals surface area contributed by atoms with E-state index in [1.807, 2.05) is 41.6 Å². The lowest BCUT2D eigenvalue weighted by molar-refractivity contribution is -0.129. The number of hydrazine groups is 1. The average molecular weight is 455 g/mol. The summed E-state index contributed by atoms with van der Waals surface area (Å²) in [4.78, 5) is 35.7. The number of nitrogens with zero attached hydrogens (tertiary/aromatic N) is 4. The van der Waals surface area contributed by atoms with Gasteiger partial charge >= 0.3 is 0 Å². The maximum atomic E-state index is 11.4. The fourth-order valence-electron chi connectivity index (χ4n) is 3.21. The van der Waals surface area contributed by atoms with E-state index in [1.54, 1.807) is 6.92 Å². The van der Waals surface area contributed by atoms with Gasteiger partial charge in [0.1, 0.15) is 0 Å². The summed E-state index contributed by atoms with van der Waals surface area (Å²) in [6.45, 7) is 4.54. The monoisotopic (exact) mass is 454 g/mol. The maximum Gasteiger partial charge on any atom is 0.238 e. The van der Waals surface area contributed by atoms with Crippen molar-refractivity contribution in [2.75, 3.05) is 31.1 Å². The van der Waals surface area contributed by atoms with Gasteiger partial charge in [0, 0.05) is 45.5 Å². The van der Waals surface area contributed by atoms with E-state index in [0.29, 0.717) is 13.1 Å². The fraction of sp³-hybridized carbons (Fsp3) is 0.400. The zero-order valence-corrected chi connectivity index (χ0v) is 18.5. The highest BCUT2D eigenvalue weighted by molar-refractivity contribution is 5.85. The molecule has 2 amide bonds. The Labute approximate surface area is 189 Å². The molecule has 0 radical (unpaired) electrons. The third kappa shape index (κ3) is 7.12. The third-order valence-electron chi connectivity index (χ3n) is 4.95. The van der Waals surface area contributed by atoms with E-state index in [9.17, 15) is 9.59 Å². The van der Waals surface area contributed by atoms with Crippen LogP contribution in [0.1, 0.15) is 23.6 Å². The van der Waals surface area contributed by atoms with Crippen molar-refractivity contribution < 1.29 is 9.59 Å². The first-order chi connectivity index (χ1) is 13.5. The van der Waals surface area contributed by atoms with Gasteiger partial charge in [0.25, 0.3) is 0 Å². The molecular formula is C20H28Cl2N6O2. The van der Waals surface area contributed by atoms with Crippen molar-refractivity contribution >= 4 is 42.6 Å². The Kier molecular flexibility index (Phi) is 10.5. The molecule has 1 aromatic carbocycles. The summed E-state index contributed by atoms with van der Waals surface area (Å²) in [6.07, 6.45) is 5.76. The number of nitrogens with one attached hydrogen (secondary N) is 1. The molecule has 3 rings (SSSR count). The summed E-state index contributed by atoms with van der Waals surface area (Å²) in [6, 6.07) is 7.96. The molecule has 1 saturated heterocycles. The zero-order valence-electron chi connectivity index (χ0n) is 16.9. The van der Waals surface area contributed by atoms with Gasteiger partial charge in [-0.25, -0.2) is 15.8 Å². The Hall–Kier alpha value is -2.42. The standard InChI is InChI=1S/C20H26N6O2.2ClH/c1-15(27)25-8-10-26(11-9-25)20-22-13-18(14-23-20)7-4-16-2-5-17(6-3-16)12-19(28)24-21;;/h2-3,5-6,13-14H,4,7-12,21H2,1H3,(H,24,28);2*1H. The Morgan fingerprint density at radius 1 is 0.933 bits per heavy atom. The van der Waals surface area contributed by atoms with Crippen LogP contribution in [-0.4, -0.2) is 52.9 Å². The van der Waals surface area contributed by atoms with E-state index in [2.05, 4.69) is 20.3 Å². The molecule has 0 bridgehead atoms. The van der Waals surface area contributed by atoms with Crippen LogP contribution in [0.5, 0.6) is 0 Å². The second-order valence-electron chi connectivity index (χ2n) is 6.95. The van der Waals surface area contributed by atoms with Crippen LogP contribution in [0, 0.1) is 0 Å². The van der Waals surface area contributed by atoms with Crippen LogP contribution in [0.15, 0.2) is 36.7 Å². The topological polar surface area (TPSA) is 104 Å². The van der Waals surface area contributed by atoms with E-state index < -0.39 is 0 Å². The normalized spacial score (nSPS) is 13.1. The molecule has 1 aromatic heterocycles. The Morgan fingerprint density at radius 2 is 1.47 bits per heavy atom. The molecule has 0 atom stereocenters. The SMILES string of the molecule is CC(=O)N1CCN(c2ncc(CCc3ccc(CC(=O)NN)cc3)cn2)CC1.Cl.Cl. The average Bonchev–Trinajstić information content (AvgIpc) is 2.73. The number of nitrogens with two attached hydrogens (primary N) is 1. The smallest absolute Gasteiger partial charge is 0.238 e. The predicted octanol–water partition coefficient (Wildman–Crippen LogP) is 1.31. The number of rotatable bonds is 6. The second kappa shape index (κ2) is 12.3. The van der Waals surface area contributed by atoms with Crippen LogP contribution in [0.25, 0.3) is 0 Å². The summed E-state index contributed by atoms with van der Waals surface area (Å²) in [7, 11) is 0. The van der Waals surface area contributed by atoms with Crippen molar-refractivity contribution in [2.45, 2.75) is 26.2 Å². The number of hydrogen-bond donors (Lipinski definition) is 2. The van der Waals surface area contributed by atoms with Gasteiger partial charge in [-0.2, -0.15) is 0 Å². The molecule has 0 spiro atoms. The number of carbonyl (C=O) groups is 2. The molecular weight excluding hydrogens is 427 g/mol. The molecule has 1 fully saturated rings. The lowest BCUT2D eigenvalue weighted by Gasteiger charge is -2.34. The molecule has 10 heteroatoms. The Morgan fingerprint density at radius 3 is 2.00 bits per heavy atom. The van der Waals surface area contributed by atoms with Gasteiger partial charge in [0.2, 0.25) is 17.8 Å². The number of piperazine rings is 1. The van der Waals surface area contributed by atoms with Gasteiger partial charge in [0.05, 0.1) is 6.42 Å². The third-order valence-corrected chi connectivity index (χ3v) is 4.95. The minimum absolute atomic E-state index is 0. The maximum absolute atomic E-state index is 11.4. The van der Waals surface area contributed by atoms with Crippen molar-refractivity contribution in [1.29, 1.82) is 0 Å². The van der Waals surface area contributed by atoms with Crippen LogP contribution >= 0.6 is 24.8 Å². The summed E-state index contributed by atoms with van der Waals surface area (Å²) in [5, 5.41) is 0. The van der Waals surface area contributed by atoms with Crippen molar-refractivity contribution in [3.8, 4) is 0 Å². The quantitative estimate of drug-likeness (QED) is 0.387. The summed E-state index contributed by atoms with van der Waals surface area (Å²) >= 11 is 0. The molecule has 164 valence electrons. The van der Waals surface area contributed by atoms with E-state index in [-0.39, 0.29) is 43.0 Å². The molecule has 1 aliphatic heterocycles. The zero-order chi connectivity index (χ0) is 19.9. The van der Waals surface area contributed by atoms with E-state index in [0.717, 1.165) is 43.0 Å². The molecule has 8 nitrogen and oxygen atoms in total. The summed E-state index contributed by atoms with van der Waals surface area (Å²) in [5.74, 6) is 5.74. The van der Waals surface area contributed by atoms with E-state index >= 15 is 0 Å². The highest BCUT2D eigenvalue weighted by atomic mass is 35.5. The number of amides is 2. The van der Waals surface area contributed by atoms with Crippen molar-refractivity contribution in [3.63, 3.8) is 0 Å². The van der Waals surface area contributed by atoms with Crippen LogP contribution in [-0.2, 0) is 28.9 Å². The van der Waals surface area contributed by atoms with Crippen molar-refractivity contribution in [2.24, 2.45) is 5.84 Å². The number of aryl methyl sites for hydroxylation is 2. The lowest BCUT2D eigenvalue weighted by Crippen LogP contribution is -2.48. The number of halogens is 2. The highest BCUT2D eigenvalue weighted by Crippen LogP contribution is 2.13. The van der Waals surface area contributed by atoms with Gasteiger partial charge < -0.3 is 9.80 Å². The Balaban J connectivity index is 0.00000225. The van der Waals surface area contributed by atoms with Crippen LogP contribution in [0.2, 0.25) is 0 Å². The fourth-order valence-corrected chi connectivity index (χ4v) is 3.21. The summed E-state index contributed by atoms with van der Waals surface area (Å²) in [5.41, 5.74) is 5.35. The Bertz CT molecular complexity index is 809. The number of hydrogen-bond acceptors (Lipinski definition) is 6. The second-order valence-corrected chi connectivity index (χ2v) is 6.95. The van der Waals surface area contributed by atoms with Gasteiger partial charge in [-0.3, -0.25) is 15.0 Å². The van der Waals surface area contributed by atoms with Crippen molar-refractivity contribution in [3.05, 3.63) is 53.3 Å². The predicted molar refractivity (Wildman–Crippen MR) is 121 cm³/mol. The minimum atomic E-state index is -0.201. The lowest BCUT2D eigenvalue weighted by atomic mass is 10.0. The highest BCUT2D eigenvalue weighted by Gasteiger charge is 2.20. The minimum Gasteiger partial charge on any atom is -0.339 e. The molecule has 2 aromatic rings. The van der Waals surface area contributed by atoms with Crippen LogP contribution in [0.4, 0.5) is 5.95 Å². The first-order valence-electron chi connectivity index (χ1n) is 9.44. The molecule has 0 unspecified atom stereocenters. The van der Waals surface area contributed by atoms with Crippen LogP contribution in [0.3, 0.4) is 0 Å². The van der Waals surface area contributed by atoms with E-state index in [4.69, 9.17) is 5.84 Å². The van der Waals surface area contributed by atoms with Gasteiger partial charge in [0.15, 0.2) is 0 Å². The molecule has 0 saturated carbocycles. The molecule has 3 N–H and O–H groups in total. The van der Waals surface area contributed by atoms with Gasteiger partial charge in [-0.1, -0.05) is 24.3 Å². The van der Waals surface area contributed by atoms with E-state index in [1.165, 1.54) is 5.56 Å². The molecule has 0 aliphatic carbocycles. The van der Waals surface area contributed by atoms with Gasteiger partial charge in [-0.15, -0.1) is 24.8 Å². The van der Waals surface area contributed by atoms with Gasteiger partial charge in [-0.05, 0) is 29.5 Å². The first kappa shape index (κ1) is 25.6. The first-order valence-corrected chi connectivity index (χ1v) is 9.44.